The number of hydrogen-bond donors (Lipinski definition) is 2. The number of nitrogens with one attached hydrogen (secondary N) is 1. The molecule has 0 saturated heterocycles. The number of aromatic nitrogens is 2. The van der Waals surface area contributed by atoms with Gasteiger partial charge in [0.2, 0.25) is 0 Å². The van der Waals surface area contributed by atoms with Crippen molar-refractivity contribution in [2.24, 2.45) is 0 Å². The standard InChI is InChI=1S/C18H11N3O4/c22-17(15-16(18(23)24)20-8-7-19-15)21-10-5-6-12-11-3-1-2-4-13(11)25-14(12)9-10/h1-9H,(H,21,22)(H,23,24). The molecule has 7 heteroatoms. The van der Waals surface area contributed by atoms with Crippen LogP contribution in [0.5, 0.6) is 0 Å². The summed E-state index contributed by atoms with van der Waals surface area (Å²) in [6.07, 6.45) is 2.49. The maximum absolute atomic E-state index is 12.3. The zero-order valence-corrected chi connectivity index (χ0v) is 12.8. The average molecular weight is 333 g/mol. The van der Waals surface area contributed by atoms with Gasteiger partial charge in [-0.05, 0) is 18.2 Å². The van der Waals surface area contributed by atoms with Gasteiger partial charge in [0.15, 0.2) is 11.4 Å². The van der Waals surface area contributed by atoms with Gasteiger partial charge in [0.05, 0.1) is 0 Å². The van der Waals surface area contributed by atoms with Gasteiger partial charge in [-0.15, -0.1) is 0 Å². The molecule has 0 atom stereocenters. The van der Waals surface area contributed by atoms with Crippen molar-refractivity contribution in [1.29, 1.82) is 0 Å². The van der Waals surface area contributed by atoms with Crippen LogP contribution in [0.25, 0.3) is 21.9 Å². The van der Waals surface area contributed by atoms with E-state index in [1.807, 2.05) is 30.3 Å². The third-order valence-electron chi connectivity index (χ3n) is 3.75. The van der Waals surface area contributed by atoms with E-state index in [0.29, 0.717) is 11.3 Å². The SMILES string of the molecule is O=C(O)c1nccnc1C(=O)Nc1ccc2c(c1)oc1ccccc12. The van der Waals surface area contributed by atoms with E-state index in [0.717, 1.165) is 16.4 Å². The van der Waals surface area contributed by atoms with Crippen LogP contribution in [-0.4, -0.2) is 27.0 Å². The van der Waals surface area contributed by atoms with Crippen molar-refractivity contribution in [3.8, 4) is 0 Å². The van der Waals surface area contributed by atoms with E-state index in [9.17, 15) is 9.59 Å². The highest BCUT2D eigenvalue weighted by Gasteiger charge is 2.19. The van der Waals surface area contributed by atoms with Gasteiger partial charge >= 0.3 is 5.97 Å². The van der Waals surface area contributed by atoms with E-state index in [2.05, 4.69) is 15.3 Å². The number of anilines is 1. The Morgan fingerprint density at radius 2 is 1.64 bits per heavy atom. The zero-order valence-electron chi connectivity index (χ0n) is 12.8. The number of furan rings is 1. The van der Waals surface area contributed by atoms with Gasteiger partial charge in [0.25, 0.3) is 5.91 Å². The third kappa shape index (κ3) is 2.57. The summed E-state index contributed by atoms with van der Waals surface area (Å²) in [7, 11) is 0. The van der Waals surface area contributed by atoms with Crippen LogP contribution in [0, 0.1) is 0 Å². The lowest BCUT2D eigenvalue weighted by Crippen LogP contribution is -2.19. The minimum atomic E-state index is -1.31. The van der Waals surface area contributed by atoms with Crippen LogP contribution in [0.4, 0.5) is 5.69 Å². The zero-order chi connectivity index (χ0) is 17.4. The molecule has 2 heterocycles. The largest absolute Gasteiger partial charge is 0.476 e. The van der Waals surface area contributed by atoms with Gasteiger partial charge in [-0.3, -0.25) is 4.79 Å². The van der Waals surface area contributed by atoms with E-state index >= 15 is 0 Å². The molecule has 25 heavy (non-hydrogen) atoms. The lowest BCUT2D eigenvalue weighted by molar-refractivity contribution is 0.0685. The fourth-order valence-corrected chi connectivity index (χ4v) is 2.65. The lowest BCUT2D eigenvalue weighted by Gasteiger charge is -2.06. The first-order valence-corrected chi connectivity index (χ1v) is 7.40. The minimum Gasteiger partial charge on any atom is -0.476 e. The number of fused-ring (bicyclic) bond motifs is 3. The highest BCUT2D eigenvalue weighted by molar-refractivity contribution is 6.10. The molecule has 0 fully saturated rings. The molecule has 0 saturated carbocycles. The topological polar surface area (TPSA) is 105 Å². The van der Waals surface area contributed by atoms with E-state index in [-0.39, 0.29) is 5.69 Å². The molecule has 2 aromatic carbocycles. The molecule has 0 spiro atoms. The number of carboxylic acid groups (broad SMARTS) is 1. The molecule has 7 nitrogen and oxygen atoms in total. The molecule has 0 radical (unpaired) electrons. The van der Waals surface area contributed by atoms with Gasteiger partial charge < -0.3 is 14.8 Å². The van der Waals surface area contributed by atoms with E-state index in [1.165, 1.54) is 12.4 Å². The quantitative estimate of drug-likeness (QED) is 0.596. The molecule has 1 amide bonds. The summed E-state index contributed by atoms with van der Waals surface area (Å²) in [6, 6.07) is 12.9. The number of carbonyl (C=O) groups excluding carboxylic acids is 1. The average Bonchev–Trinajstić information content (AvgIpc) is 2.99. The van der Waals surface area contributed by atoms with Gasteiger partial charge in [-0.1, -0.05) is 18.2 Å². The fraction of sp³-hybridized carbons (Fsp3) is 0. The van der Waals surface area contributed by atoms with Gasteiger partial charge in [0, 0.05) is 34.9 Å². The Bertz CT molecular complexity index is 1130. The summed E-state index contributed by atoms with van der Waals surface area (Å²) in [5.41, 5.74) is 1.20. The summed E-state index contributed by atoms with van der Waals surface area (Å²) in [5.74, 6) is -1.97. The van der Waals surface area contributed by atoms with Crippen molar-refractivity contribution in [2.75, 3.05) is 5.32 Å². The van der Waals surface area contributed by atoms with Crippen LogP contribution >= 0.6 is 0 Å². The molecular weight excluding hydrogens is 322 g/mol. The van der Waals surface area contributed by atoms with Crippen molar-refractivity contribution >= 4 is 39.5 Å². The number of amides is 1. The summed E-state index contributed by atoms with van der Waals surface area (Å²) < 4.78 is 5.77. The normalized spacial score (nSPS) is 10.9. The number of hydrogen-bond acceptors (Lipinski definition) is 5. The Labute approximate surface area is 140 Å². The van der Waals surface area contributed by atoms with Crippen LogP contribution < -0.4 is 5.32 Å². The van der Waals surface area contributed by atoms with E-state index in [4.69, 9.17) is 9.52 Å². The third-order valence-corrected chi connectivity index (χ3v) is 3.75. The predicted octanol–water partition coefficient (Wildman–Crippen LogP) is 3.33. The fourth-order valence-electron chi connectivity index (χ4n) is 2.65. The molecular formula is C18H11N3O4. The van der Waals surface area contributed by atoms with E-state index < -0.39 is 17.6 Å². The Kier molecular flexibility index (Phi) is 3.39. The summed E-state index contributed by atoms with van der Waals surface area (Å²) >= 11 is 0. The van der Waals surface area contributed by atoms with Crippen LogP contribution in [0.3, 0.4) is 0 Å². The van der Waals surface area contributed by atoms with Gasteiger partial charge in [-0.2, -0.15) is 0 Å². The Hall–Kier alpha value is -3.74. The molecule has 0 aliphatic heterocycles. The molecule has 0 aliphatic rings. The van der Waals surface area contributed by atoms with Crippen molar-refractivity contribution < 1.29 is 19.1 Å². The van der Waals surface area contributed by atoms with Crippen molar-refractivity contribution in [3.63, 3.8) is 0 Å². The second kappa shape index (κ2) is 5.72. The monoisotopic (exact) mass is 333 g/mol. The summed E-state index contributed by atoms with van der Waals surface area (Å²) in [5, 5.41) is 13.6. The van der Waals surface area contributed by atoms with Crippen molar-refractivity contribution in [1.82, 2.24) is 9.97 Å². The van der Waals surface area contributed by atoms with E-state index in [1.54, 1.807) is 12.1 Å². The first kappa shape index (κ1) is 14.8. The number of benzene rings is 2. The smallest absolute Gasteiger partial charge is 0.356 e. The maximum Gasteiger partial charge on any atom is 0.356 e. The number of rotatable bonds is 3. The number of para-hydroxylation sites is 1. The molecule has 122 valence electrons. The molecule has 4 rings (SSSR count). The predicted molar refractivity (Wildman–Crippen MR) is 90.7 cm³/mol. The number of carboxylic acids is 1. The summed E-state index contributed by atoms with van der Waals surface area (Å²) in [6.45, 7) is 0. The van der Waals surface area contributed by atoms with Crippen molar-refractivity contribution in [2.45, 2.75) is 0 Å². The highest BCUT2D eigenvalue weighted by atomic mass is 16.4. The number of carbonyl (C=O) groups is 2. The molecule has 2 aromatic heterocycles. The van der Waals surface area contributed by atoms with Gasteiger partial charge in [0.1, 0.15) is 11.2 Å². The second-order valence-corrected chi connectivity index (χ2v) is 5.32. The van der Waals surface area contributed by atoms with Gasteiger partial charge in [-0.25, -0.2) is 14.8 Å². The lowest BCUT2D eigenvalue weighted by atomic mass is 10.1. The number of nitrogens with zero attached hydrogens (tertiary/aromatic N) is 2. The molecule has 4 aromatic rings. The molecule has 2 N–H and O–H groups in total. The van der Waals surface area contributed by atoms with Crippen LogP contribution in [0.15, 0.2) is 59.3 Å². The Balaban J connectivity index is 1.70. The second-order valence-electron chi connectivity index (χ2n) is 5.32. The highest BCUT2D eigenvalue weighted by Crippen LogP contribution is 2.30. The summed E-state index contributed by atoms with van der Waals surface area (Å²) in [4.78, 5) is 31.0. The molecule has 0 unspecified atom stereocenters. The number of aromatic carboxylic acids is 1. The van der Waals surface area contributed by atoms with Crippen LogP contribution in [-0.2, 0) is 0 Å². The first-order valence-electron chi connectivity index (χ1n) is 7.40. The Morgan fingerprint density at radius 3 is 2.44 bits per heavy atom. The van der Waals surface area contributed by atoms with Crippen LogP contribution in [0.1, 0.15) is 21.0 Å². The first-order chi connectivity index (χ1) is 12.1. The van der Waals surface area contributed by atoms with Crippen molar-refractivity contribution in [3.05, 3.63) is 66.2 Å². The molecule has 0 aliphatic carbocycles. The maximum atomic E-state index is 12.3. The minimum absolute atomic E-state index is 0.250. The Morgan fingerprint density at radius 1 is 0.920 bits per heavy atom. The molecule has 0 bridgehead atoms. The van der Waals surface area contributed by atoms with Crippen LogP contribution in [0.2, 0.25) is 0 Å².